The molecule has 0 saturated heterocycles. The first-order chi connectivity index (χ1) is 7.72. The van der Waals surface area contributed by atoms with Gasteiger partial charge in [0.05, 0.1) is 7.11 Å². The number of rotatable bonds is 3. The van der Waals surface area contributed by atoms with Gasteiger partial charge in [-0.1, -0.05) is 34.8 Å². The van der Waals surface area contributed by atoms with E-state index in [0.717, 1.165) is 11.7 Å². The zero-order valence-corrected chi connectivity index (χ0v) is 11.6. The van der Waals surface area contributed by atoms with E-state index in [9.17, 15) is 0 Å². The number of benzene rings is 1. The predicted octanol–water partition coefficient (Wildman–Crippen LogP) is 4.63. The molecule has 88 valence electrons. The molecule has 1 atom stereocenters. The number of hydrogen-bond acceptors (Lipinski definition) is 1. The second-order valence-corrected chi connectivity index (χ2v) is 5.66. The van der Waals surface area contributed by atoms with Crippen molar-refractivity contribution in [2.75, 3.05) is 7.11 Å². The molecule has 1 aliphatic rings. The average Bonchev–Trinajstić information content (AvgIpc) is 2.81. The van der Waals surface area contributed by atoms with Crippen molar-refractivity contribution in [3.05, 3.63) is 29.3 Å². The van der Waals surface area contributed by atoms with Gasteiger partial charge in [-0.05, 0) is 48.9 Å². The third kappa shape index (κ3) is 2.42. The van der Waals surface area contributed by atoms with Gasteiger partial charge in [0.25, 0.3) is 0 Å². The number of halogens is 1. The molecule has 0 bridgehead atoms. The highest BCUT2D eigenvalue weighted by Crippen LogP contribution is 2.42. The molecule has 2 heteroatoms. The molecule has 1 aliphatic carbocycles. The minimum atomic E-state index is 0.515. The SMILES string of the molecule is COc1ccc(C(Br)C2CCCC2)c(C)c1. The monoisotopic (exact) mass is 282 g/mol. The minimum Gasteiger partial charge on any atom is -0.497 e. The highest BCUT2D eigenvalue weighted by Gasteiger charge is 2.25. The van der Waals surface area contributed by atoms with E-state index in [2.05, 4.69) is 41.1 Å². The van der Waals surface area contributed by atoms with Crippen LogP contribution in [-0.2, 0) is 0 Å². The van der Waals surface area contributed by atoms with Crippen LogP contribution in [0, 0.1) is 12.8 Å². The van der Waals surface area contributed by atoms with Gasteiger partial charge in [0.15, 0.2) is 0 Å². The largest absolute Gasteiger partial charge is 0.497 e. The van der Waals surface area contributed by atoms with Crippen LogP contribution in [0.2, 0.25) is 0 Å². The van der Waals surface area contributed by atoms with Gasteiger partial charge in [-0.15, -0.1) is 0 Å². The Bertz CT molecular complexity index is 356. The first kappa shape index (κ1) is 12.0. The fourth-order valence-corrected chi connectivity index (χ4v) is 3.63. The summed E-state index contributed by atoms with van der Waals surface area (Å²) >= 11 is 3.87. The van der Waals surface area contributed by atoms with Gasteiger partial charge in [-0.3, -0.25) is 0 Å². The molecule has 1 saturated carbocycles. The van der Waals surface area contributed by atoms with Crippen LogP contribution in [0.3, 0.4) is 0 Å². The van der Waals surface area contributed by atoms with E-state index < -0.39 is 0 Å². The van der Waals surface area contributed by atoms with Crippen LogP contribution in [0.5, 0.6) is 5.75 Å². The van der Waals surface area contributed by atoms with Gasteiger partial charge in [-0.2, -0.15) is 0 Å². The van der Waals surface area contributed by atoms with Gasteiger partial charge >= 0.3 is 0 Å². The number of alkyl halides is 1. The molecule has 0 N–H and O–H groups in total. The standard InChI is InChI=1S/C14H19BrO/c1-10-9-12(16-2)7-8-13(10)14(15)11-5-3-4-6-11/h7-9,11,14H,3-6H2,1-2H3. The minimum absolute atomic E-state index is 0.515. The Hall–Kier alpha value is -0.500. The molecule has 0 spiro atoms. The number of ether oxygens (including phenoxy) is 1. The molecular weight excluding hydrogens is 264 g/mol. The molecule has 1 aromatic rings. The Morgan fingerprint density at radius 3 is 2.56 bits per heavy atom. The van der Waals surface area contributed by atoms with Gasteiger partial charge in [-0.25, -0.2) is 0 Å². The molecule has 0 aliphatic heterocycles. The summed E-state index contributed by atoms with van der Waals surface area (Å²) < 4.78 is 5.24. The van der Waals surface area contributed by atoms with E-state index in [1.807, 2.05) is 0 Å². The van der Waals surface area contributed by atoms with Crippen molar-refractivity contribution in [3.63, 3.8) is 0 Å². The van der Waals surface area contributed by atoms with Crippen LogP contribution in [0.4, 0.5) is 0 Å². The van der Waals surface area contributed by atoms with Crippen LogP contribution >= 0.6 is 15.9 Å². The molecule has 16 heavy (non-hydrogen) atoms. The van der Waals surface area contributed by atoms with Crippen molar-refractivity contribution in [3.8, 4) is 5.75 Å². The molecule has 0 heterocycles. The fraction of sp³-hybridized carbons (Fsp3) is 0.571. The molecule has 1 unspecified atom stereocenters. The number of methoxy groups -OCH3 is 1. The summed E-state index contributed by atoms with van der Waals surface area (Å²) in [5.41, 5.74) is 2.75. The molecule has 2 rings (SSSR count). The molecule has 1 aromatic carbocycles. The van der Waals surface area contributed by atoms with Crippen molar-refractivity contribution in [2.45, 2.75) is 37.4 Å². The lowest BCUT2D eigenvalue weighted by Gasteiger charge is -2.19. The van der Waals surface area contributed by atoms with Gasteiger partial charge in [0, 0.05) is 4.83 Å². The highest BCUT2D eigenvalue weighted by atomic mass is 79.9. The van der Waals surface area contributed by atoms with Crippen LogP contribution in [0.1, 0.15) is 41.6 Å². The molecule has 1 fully saturated rings. The van der Waals surface area contributed by atoms with Crippen LogP contribution in [0.15, 0.2) is 18.2 Å². The van der Waals surface area contributed by atoms with E-state index in [-0.39, 0.29) is 0 Å². The first-order valence-corrected chi connectivity index (χ1v) is 6.92. The summed E-state index contributed by atoms with van der Waals surface area (Å²) in [5, 5.41) is 0. The lowest BCUT2D eigenvalue weighted by molar-refractivity contribution is 0.414. The summed E-state index contributed by atoms with van der Waals surface area (Å²) in [7, 11) is 1.72. The van der Waals surface area contributed by atoms with Gasteiger partial charge in [0.2, 0.25) is 0 Å². The maximum Gasteiger partial charge on any atom is 0.119 e. The Morgan fingerprint density at radius 2 is 2.00 bits per heavy atom. The summed E-state index contributed by atoms with van der Waals surface area (Å²) in [6.07, 6.45) is 5.51. The van der Waals surface area contributed by atoms with Crippen LogP contribution in [-0.4, -0.2) is 7.11 Å². The van der Waals surface area contributed by atoms with Crippen molar-refractivity contribution in [1.29, 1.82) is 0 Å². The average molecular weight is 283 g/mol. The van der Waals surface area contributed by atoms with E-state index >= 15 is 0 Å². The van der Waals surface area contributed by atoms with Crippen LogP contribution < -0.4 is 4.74 Å². The third-order valence-electron chi connectivity index (χ3n) is 3.59. The predicted molar refractivity (Wildman–Crippen MR) is 71.4 cm³/mol. The summed E-state index contributed by atoms with van der Waals surface area (Å²) in [5.74, 6) is 1.76. The Labute approximate surface area is 106 Å². The summed E-state index contributed by atoms with van der Waals surface area (Å²) in [6, 6.07) is 6.38. The maximum atomic E-state index is 5.24. The highest BCUT2D eigenvalue weighted by molar-refractivity contribution is 9.09. The second-order valence-electron chi connectivity index (χ2n) is 4.67. The van der Waals surface area contributed by atoms with E-state index in [4.69, 9.17) is 4.74 Å². The lowest BCUT2D eigenvalue weighted by Crippen LogP contribution is -2.04. The zero-order chi connectivity index (χ0) is 11.5. The Kier molecular flexibility index (Phi) is 3.91. The van der Waals surface area contributed by atoms with Crippen molar-refractivity contribution in [2.24, 2.45) is 5.92 Å². The Morgan fingerprint density at radius 1 is 1.31 bits per heavy atom. The second kappa shape index (κ2) is 5.22. The molecule has 1 nitrogen and oxygen atoms in total. The number of hydrogen-bond donors (Lipinski definition) is 0. The van der Waals surface area contributed by atoms with Crippen LogP contribution in [0.25, 0.3) is 0 Å². The lowest BCUT2D eigenvalue weighted by atomic mass is 9.95. The third-order valence-corrected chi connectivity index (χ3v) is 4.83. The van der Waals surface area contributed by atoms with Gasteiger partial charge < -0.3 is 4.74 Å². The topological polar surface area (TPSA) is 9.23 Å². The fourth-order valence-electron chi connectivity index (χ4n) is 2.59. The smallest absolute Gasteiger partial charge is 0.119 e. The van der Waals surface area contributed by atoms with Crippen molar-refractivity contribution in [1.82, 2.24) is 0 Å². The zero-order valence-electron chi connectivity index (χ0n) is 10.0. The van der Waals surface area contributed by atoms with Gasteiger partial charge in [0.1, 0.15) is 5.75 Å². The normalized spacial score (nSPS) is 18.7. The first-order valence-electron chi connectivity index (χ1n) is 6.01. The molecular formula is C14H19BrO. The maximum absolute atomic E-state index is 5.24. The molecule has 0 amide bonds. The van der Waals surface area contributed by atoms with Crippen molar-refractivity contribution >= 4 is 15.9 Å². The number of aryl methyl sites for hydroxylation is 1. The molecule has 0 aromatic heterocycles. The Balaban J connectivity index is 2.19. The summed E-state index contributed by atoms with van der Waals surface area (Å²) in [6.45, 7) is 2.17. The molecule has 0 radical (unpaired) electrons. The van der Waals surface area contributed by atoms with Crippen molar-refractivity contribution < 1.29 is 4.74 Å². The van der Waals surface area contributed by atoms with E-state index in [1.165, 1.54) is 36.8 Å². The summed E-state index contributed by atoms with van der Waals surface area (Å²) in [4.78, 5) is 0.515. The quantitative estimate of drug-likeness (QED) is 0.735. The van der Waals surface area contributed by atoms with E-state index in [1.54, 1.807) is 7.11 Å². The van der Waals surface area contributed by atoms with E-state index in [0.29, 0.717) is 4.83 Å².